The molecule has 78 valence electrons. The molecule has 1 unspecified atom stereocenters. The fourth-order valence-corrected chi connectivity index (χ4v) is 5.00. The molecule has 0 N–H and O–H groups in total. The SMILES string of the molecule is CC(C)(C)[Si](C)([O-])C1CCCCC1. The summed E-state index contributed by atoms with van der Waals surface area (Å²) in [4.78, 5) is 12.6. The second kappa shape index (κ2) is 3.74. The fourth-order valence-electron chi connectivity index (χ4n) is 2.27. The summed E-state index contributed by atoms with van der Waals surface area (Å²) in [6.45, 7) is 8.46. The van der Waals surface area contributed by atoms with Gasteiger partial charge in [0.25, 0.3) is 0 Å². The minimum Gasteiger partial charge on any atom is -0.858 e. The van der Waals surface area contributed by atoms with Crippen molar-refractivity contribution >= 4 is 8.32 Å². The van der Waals surface area contributed by atoms with E-state index >= 15 is 0 Å². The zero-order valence-corrected chi connectivity index (χ0v) is 10.5. The van der Waals surface area contributed by atoms with Gasteiger partial charge in [-0.1, -0.05) is 70.0 Å². The molecule has 1 atom stereocenters. The van der Waals surface area contributed by atoms with Gasteiger partial charge in [-0.15, -0.1) is 0 Å². The van der Waals surface area contributed by atoms with E-state index in [0.29, 0.717) is 5.54 Å². The summed E-state index contributed by atoms with van der Waals surface area (Å²) in [5.41, 5.74) is 0.543. The zero-order valence-electron chi connectivity index (χ0n) is 9.52. The van der Waals surface area contributed by atoms with Gasteiger partial charge in [-0.2, -0.15) is 0 Å². The molecule has 13 heavy (non-hydrogen) atoms. The Labute approximate surface area is 83.7 Å². The van der Waals surface area contributed by atoms with E-state index in [1.54, 1.807) is 0 Å². The van der Waals surface area contributed by atoms with Crippen LogP contribution in [0.1, 0.15) is 52.9 Å². The van der Waals surface area contributed by atoms with Crippen LogP contribution in [0.2, 0.25) is 17.1 Å². The van der Waals surface area contributed by atoms with Crippen LogP contribution in [-0.2, 0) is 0 Å². The van der Waals surface area contributed by atoms with Crippen LogP contribution >= 0.6 is 0 Å². The van der Waals surface area contributed by atoms with Crippen LogP contribution in [0.25, 0.3) is 0 Å². The lowest BCUT2D eigenvalue weighted by Crippen LogP contribution is -2.58. The van der Waals surface area contributed by atoms with Crippen LogP contribution in [0.5, 0.6) is 0 Å². The van der Waals surface area contributed by atoms with Gasteiger partial charge in [0.1, 0.15) is 0 Å². The first-order valence-electron chi connectivity index (χ1n) is 5.56. The minimum absolute atomic E-state index is 0.0367. The van der Waals surface area contributed by atoms with Crippen molar-refractivity contribution in [2.24, 2.45) is 0 Å². The molecule has 1 nitrogen and oxygen atoms in total. The van der Waals surface area contributed by atoms with Crippen LogP contribution in [0.15, 0.2) is 0 Å². The van der Waals surface area contributed by atoms with Gasteiger partial charge >= 0.3 is 0 Å². The molecule has 0 amide bonds. The molecule has 0 spiro atoms. The Bertz CT molecular complexity index is 163. The molecule has 0 aromatic heterocycles. The van der Waals surface area contributed by atoms with E-state index in [4.69, 9.17) is 0 Å². The molecule has 0 aliphatic heterocycles. The smallest absolute Gasteiger partial charge is 0.0395 e. The predicted molar refractivity (Wildman–Crippen MR) is 58.2 cm³/mol. The first kappa shape index (κ1) is 11.3. The quantitative estimate of drug-likeness (QED) is 0.595. The van der Waals surface area contributed by atoms with E-state index < -0.39 is 8.32 Å². The molecule has 0 bridgehead atoms. The highest BCUT2D eigenvalue weighted by Gasteiger charge is 2.35. The van der Waals surface area contributed by atoms with Crippen molar-refractivity contribution in [1.29, 1.82) is 0 Å². The highest BCUT2D eigenvalue weighted by Crippen LogP contribution is 2.45. The Balaban J connectivity index is 2.67. The maximum absolute atomic E-state index is 12.6. The molecule has 2 heteroatoms. The van der Waals surface area contributed by atoms with Gasteiger partial charge in [-0.25, -0.2) is 0 Å². The number of rotatable bonds is 1. The fraction of sp³-hybridized carbons (Fsp3) is 1.00. The van der Waals surface area contributed by atoms with Gasteiger partial charge in [0.05, 0.1) is 0 Å². The van der Waals surface area contributed by atoms with Gasteiger partial charge in [0.15, 0.2) is 0 Å². The van der Waals surface area contributed by atoms with E-state index in [9.17, 15) is 4.80 Å². The van der Waals surface area contributed by atoms with Gasteiger partial charge < -0.3 is 4.80 Å². The largest absolute Gasteiger partial charge is 0.858 e. The van der Waals surface area contributed by atoms with Crippen molar-refractivity contribution in [3.63, 3.8) is 0 Å². The molecular formula is C11H23OSi-. The number of hydrogen-bond donors (Lipinski definition) is 0. The molecule has 0 heterocycles. The standard InChI is InChI=1S/C11H23OSi/c1-11(2,3)13(4,12)10-8-6-5-7-9-10/h10H,5-9H2,1-4H3/q-1. The first-order chi connectivity index (χ1) is 5.86. The third kappa shape index (κ3) is 2.35. The Morgan fingerprint density at radius 1 is 1.08 bits per heavy atom. The molecule has 1 fully saturated rings. The molecule has 1 rings (SSSR count). The number of hydrogen-bond acceptors (Lipinski definition) is 1. The van der Waals surface area contributed by atoms with E-state index in [2.05, 4.69) is 20.8 Å². The summed E-state index contributed by atoms with van der Waals surface area (Å²) in [5, 5.41) is 0.0367. The van der Waals surface area contributed by atoms with Crippen molar-refractivity contribution in [3.8, 4) is 0 Å². The van der Waals surface area contributed by atoms with E-state index in [1.165, 1.54) is 32.1 Å². The third-order valence-corrected chi connectivity index (χ3v) is 8.99. The molecule has 0 aromatic carbocycles. The highest BCUT2D eigenvalue weighted by atomic mass is 28.4. The molecule has 0 aromatic rings. The second-order valence-corrected chi connectivity index (χ2v) is 10.2. The lowest BCUT2D eigenvalue weighted by Gasteiger charge is -2.54. The van der Waals surface area contributed by atoms with Crippen LogP contribution < -0.4 is 4.80 Å². The monoisotopic (exact) mass is 199 g/mol. The van der Waals surface area contributed by atoms with Crippen LogP contribution in [-0.4, -0.2) is 8.32 Å². The molecule has 1 aliphatic carbocycles. The van der Waals surface area contributed by atoms with E-state index in [1.807, 2.05) is 6.55 Å². The maximum Gasteiger partial charge on any atom is -0.0395 e. The summed E-state index contributed by atoms with van der Waals surface area (Å²) in [6.07, 6.45) is 6.37. The summed E-state index contributed by atoms with van der Waals surface area (Å²) in [6, 6.07) is 0. The third-order valence-electron chi connectivity index (χ3n) is 3.87. The average molecular weight is 199 g/mol. The van der Waals surface area contributed by atoms with Crippen molar-refractivity contribution in [2.45, 2.75) is 70.0 Å². The Kier molecular flexibility index (Phi) is 3.23. The zero-order chi connectivity index (χ0) is 10.1. The summed E-state index contributed by atoms with van der Waals surface area (Å²) in [5.74, 6) is 0. The Morgan fingerprint density at radius 3 is 1.92 bits per heavy atom. The van der Waals surface area contributed by atoms with Gasteiger partial charge in [-0.05, 0) is 8.32 Å². The lowest BCUT2D eigenvalue weighted by molar-refractivity contribution is -0.218. The van der Waals surface area contributed by atoms with Gasteiger partial charge in [0, 0.05) is 0 Å². The maximum atomic E-state index is 12.6. The second-order valence-electron chi connectivity index (χ2n) is 5.69. The Hall–Kier alpha value is 0.177. The van der Waals surface area contributed by atoms with E-state index in [-0.39, 0.29) is 5.04 Å². The summed E-state index contributed by atoms with van der Waals surface area (Å²) < 4.78 is 0. The van der Waals surface area contributed by atoms with E-state index in [0.717, 1.165) is 0 Å². The van der Waals surface area contributed by atoms with Crippen LogP contribution in [0.4, 0.5) is 0 Å². The minimum atomic E-state index is -2.25. The topological polar surface area (TPSA) is 23.1 Å². The summed E-state index contributed by atoms with van der Waals surface area (Å²) >= 11 is 0. The molecule has 1 aliphatic rings. The first-order valence-corrected chi connectivity index (χ1v) is 8.04. The summed E-state index contributed by atoms with van der Waals surface area (Å²) in [7, 11) is -2.25. The Morgan fingerprint density at radius 2 is 1.54 bits per heavy atom. The van der Waals surface area contributed by atoms with Crippen molar-refractivity contribution in [2.75, 3.05) is 0 Å². The molecule has 1 saturated carbocycles. The van der Waals surface area contributed by atoms with Crippen molar-refractivity contribution < 1.29 is 4.80 Å². The average Bonchev–Trinajstić information content (AvgIpc) is 2.04. The molecule has 0 radical (unpaired) electrons. The van der Waals surface area contributed by atoms with Crippen LogP contribution in [0, 0.1) is 0 Å². The van der Waals surface area contributed by atoms with Crippen molar-refractivity contribution in [3.05, 3.63) is 0 Å². The van der Waals surface area contributed by atoms with Crippen LogP contribution in [0.3, 0.4) is 0 Å². The van der Waals surface area contributed by atoms with Gasteiger partial charge in [0.2, 0.25) is 0 Å². The van der Waals surface area contributed by atoms with Gasteiger partial charge in [-0.3, -0.25) is 0 Å². The lowest BCUT2D eigenvalue weighted by atomic mass is 10.0. The van der Waals surface area contributed by atoms with Crippen molar-refractivity contribution in [1.82, 2.24) is 0 Å². The predicted octanol–water partition coefficient (Wildman–Crippen LogP) is 3.06. The normalized spacial score (nSPS) is 25.6. The molecular weight excluding hydrogens is 176 g/mol. The highest BCUT2D eigenvalue weighted by molar-refractivity contribution is 6.73. The molecule has 0 saturated heterocycles.